The average Bonchev–Trinajstić information content (AvgIpc) is 3.47. The molecule has 1 aliphatic rings. The Morgan fingerprint density at radius 2 is 1.97 bits per heavy atom. The van der Waals surface area contributed by atoms with Gasteiger partial charge in [0.2, 0.25) is 0 Å². The molecule has 0 unspecified atom stereocenters. The van der Waals surface area contributed by atoms with Crippen molar-refractivity contribution in [3.63, 3.8) is 0 Å². The lowest BCUT2D eigenvalue weighted by molar-refractivity contribution is 0.473. The molecule has 4 aromatic rings. The number of hydrogen-bond acceptors (Lipinski definition) is 6. The number of thioether (sulfide) groups is 1. The van der Waals surface area contributed by atoms with Crippen molar-refractivity contribution in [2.24, 2.45) is 0 Å². The van der Waals surface area contributed by atoms with Gasteiger partial charge in [0.15, 0.2) is 5.16 Å². The van der Waals surface area contributed by atoms with E-state index in [1.807, 2.05) is 30.3 Å². The summed E-state index contributed by atoms with van der Waals surface area (Å²) in [6.07, 6.45) is 2.25. The average molecular weight is 426 g/mol. The predicted octanol–water partition coefficient (Wildman–Crippen LogP) is 4.90. The summed E-state index contributed by atoms with van der Waals surface area (Å²) in [6, 6.07) is 14.5. The lowest BCUT2D eigenvalue weighted by Crippen LogP contribution is -2.03. The van der Waals surface area contributed by atoms with Crippen molar-refractivity contribution < 1.29 is 9.52 Å². The van der Waals surface area contributed by atoms with Crippen LogP contribution in [0.1, 0.15) is 30.1 Å². The fourth-order valence-electron chi connectivity index (χ4n) is 3.30. The van der Waals surface area contributed by atoms with E-state index in [1.54, 1.807) is 6.07 Å². The predicted molar refractivity (Wildman–Crippen MR) is 112 cm³/mol. The highest BCUT2D eigenvalue weighted by atomic mass is 35.5. The number of phenolic OH excluding ortho intramolecular Hbond substituents is 1. The van der Waals surface area contributed by atoms with Gasteiger partial charge in [-0.15, -0.1) is 10.2 Å². The van der Waals surface area contributed by atoms with Crippen LogP contribution in [0, 0.1) is 0 Å². The van der Waals surface area contributed by atoms with Crippen molar-refractivity contribution in [1.82, 2.24) is 14.8 Å². The standard InChI is InChI=1S/C21H16ClN3O3S/c22-16-9-15-13(8-19(27)28-18(15)10-17(16)26)11-29-21-24-23-20(12-6-7-12)25(21)14-4-2-1-3-5-14/h1-5,8-10,12,26H,6-7,11H2. The minimum Gasteiger partial charge on any atom is -0.506 e. The van der Waals surface area contributed by atoms with Crippen LogP contribution in [0.5, 0.6) is 5.75 Å². The van der Waals surface area contributed by atoms with Gasteiger partial charge in [-0.05, 0) is 36.6 Å². The van der Waals surface area contributed by atoms with Crippen LogP contribution in [-0.4, -0.2) is 19.9 Å². The quantitative estimate of drug-likeness (QED) is 0.361. The van der Waals surface area contributed by atoms with Gasteiger partial charge < -0.3 is 9.52 Å². The zero-order valence-corrected chi connectivity index (χ0v) is 16.8. The van der Waals surface area contributed by atoms with Crippen molar-refractivity contribution in [1.29, 1.82) is 0 Å². The van der Waals surface area contributed by atoms with E-state index in [0.29, 0.717) is 22.6 Å². The Balaban J connectivity index is 1.53. The fourth-order valence-corrected chi connectivity index (χ4v) is 4.41. The number of aromatic hydroxyl groups is 1. The van der Waals surface area contributed by atoms with Crippen LogP contribution in [0.4, 0.5) is 0 Å². The molecule has 8 heteroatoms. The highest BCUT2D eigenvalue weighted by Crippen LogP contribution is 2.41. The molecule has 0 radical (unpaired) electrons. The summed E-state index contributed by atoms with van der Waals surface area (Å²) in [6.45, 7) is 0. The maximum absolute atomic E-state index is 12.0. The van der Waals surface area contributed by atoms with Crippen molar-refractivity contribution in [2.45, 2.75) is 29.7 Å². The summed E-state index contributed by atoms with van der Waals surface area (Å²) in [5.41, 5.74) is 1.61. The number of aromatic nitrogens is 3. The maximum Gasteiger partial charge on any atom is 0.336 e. The summed E-state index contributed by atoms with van der Waals surface area (Å²) in [7, 11) is 0. The lowest BCUT2D eigenvalue weighted by atomic mass is 10.1. The molecule has 0 bridgehead atoms. The van der Waals surface area contributed by atoms with Crippen LogP contribution in [0.15, 0.2) is 62.9 Å². The first-order chi connectivity index (χ1) is 14.1. The van der Waals surface area contributed by atoms with E-state index in [0.717, 1.165) is 35.1 Å². The van der Waals surface area contributed by atoms with E-state index in [-0.39, 0.29) is 10.8 Å². The third-order valence-electron chi connectivity index (χ3n) is 4.87. The molecule has 2 heterocycles. The van der Waals surface area contributed by atoms with E-state index in [9.17, 15) is 9.90 Å². The molecule has 29 heavy (non-hydrogen) atoms. The van der Waals surface area contributed by atoms with Gasteiger partial charge in [0.1, 0.15) is 17.2 Å². The van der Waals surface area contributed by atoms with Crippen molar-refractivity contribution in [3.8, 4) is 11.4 Å². The highest BCUT2D eigenvalue weighted by Gasteiger charge is 2.31. The van der Waals surface area contributed by atoms with Crippen LogP contribution in [0.25, 0.3) is 16.7 Å². The van der Waals surface area contributed by atoms with E-state index >= 15 is 0 Å². The zero-order chi connectivity index (χ0) is 20.0. The van der Waals surface area contributed by atoms with E-state index in [2.05, 4.69) is 14.8 Å². The number of para-hydroxylation sites is 1. The molecule has 0 amide bonds. The van der Waals surface area contributed by atoms with Crippen molar-refractivity contribution in [3.05, 3.63) is 75.4 Å². The summed E-state index contributed by atoms with van der Waals surface area (Å²) >= 11 is 7.56. The molecular formula is C21H16ClN3O3S. The van der Waals surface area contributed by atoms with Gasteiger partial charge in [-0.3, -0.25) is 4.57 Å². The maximum atomic E-state index is 12.0. The number of nitrogens with zero attached hydrogens (tertiary/aromatic N) is 3. The lowest BCUT2D eigenvalue weighted by Gasteiger charge is -2.10. The Labute approximate surface area is 175 Å². The first kappa shape index (κ1) is 18.3. The molecule has 5 rings (SSSR count). The van der Waals surface area contributed by atoms with Crippen LogP contribution < -0.4 is 5.63 Å². The molecule has 2 aromatic carbocycles. The largest absolute Gasteiger partial charge is 0.506 e. The third kappa shape index (κ3) is 3.52. The molecule has 2 aromatic heterocycles. The molecule has 0 saturated heterocycles. The summed E-state index contributed by atoms with van der Waals surface area (Å²) < 4.78 is 7.30. The number of fused-ring (bicyclic) bond motifs is 1. The second-order valence-corrected chi connectivity index (χ2v) is 8.31. The topological polar surface area (TPSA) is 81.2 Å². The second-order valence-electron chi connectivity index (χ2n) is 6.97. The molecule has 1 fully saturated rings. The number of hydrogen-bond donors (Lipinski definition) is 1. The van der Waals surface area contributed by atoms with Crippen LogP contribution in [0.2, 0.25) is 5.02 Å². The molecule has 6 nitrogen and oxygen atoms in total. The second kappa shape index (κ2) is 7.24. The number of halogens is 1. The Bertz CT molecular complexity index is 1270. The molecule has 0 atom stereocenters. The van der Waals surface area contributed by atoms with Crippen molar-refractivity contribution >= 4 is 34.3 Å². The minimum atomic E-state index is -0.474. The SMILES string of the molecule is O=c1cc(CSc2nnc(C3CC3)n2-c2ccccc2)c2cc(Cl)c(O)cc2o1. The molecule has 1 saturated carbocycles. The van der Waals surface area contributed by atoms with Gasteiger partial charge in [0, 0.05) is 34.9 Å². The molecule has 1 N–H and O–H groups in total. The third-order valence-corrected chi connectivity index (χ3v) is 6.15. The van der Waals surface area contributed by atoms with Gasteiger partial charge in [0.25, 0.3) is 0 Å². The van der Waals surface area contributed by atoms with Gasteiger partial charge in [-0.25, -0.2) is 4.79 Å². The summed E-state index contributed by atoms with van der Waals surface area (Å²) in [4.78, 5) is 12.0. The van der Waals surface area contributed by atoms with Gasteiger partial charge in [-0.2, -0.15) is 0 Å². The summed E-state index contributed by atoms with van der Waals surface area (Å²) in [5, 5.41) is 20.3. The monoisotopic (exact) mass is 425 g/mol. The number of phenols is 1. The highest BCUT2D eigenvalue weighted by molar-refractivity contribution is 7.98. The molecule has 0 aliphatic heterocycles. The molecule has 1 aliphatic carbocycles. The Morgan fingerprint density at radius 1 is 1.17 bits per heavy atom. The molecule has 146 valence electrons. The molecule has 0 spiro atoms. The van der Waals surface area contributed by atoms with E-state index in [4.69, 9.17) is 16.0 Å². The minimum absolute atomic E-state index is 0.120. The van der Waals surface area contributed by atoms with Crippen LogP contribution in [0.3, 0.4) is 0 Å². The first-order valence-electron chi connectivity index (χ1n) is 9.19. The van der Waals surface area contributed by atoms with Crippen molar-refractivity contribution in [2.75, 3.05) is 0 Å². The van der Waals surface area contributed by atoms with Crippen LogP contribution in [-0.2, 0) is 5.75 Å². The van der Waals surface area contributed by atoms with E-state index in [1.165, 1.54) is 23.9 Å². The van der Waals surface area contributed by atoms with Gasteiger partial charge in [-0.1, -0.05) is 41.6 Å². The fraction of sp³-hybridized carbons (Fsp3) is 0.190. The van der Waals surface area contributed by atoms with Crippen LogP contribution >= 0.6 is 23.4 Å². The molecular weight excluding hydrogens is 410 g/mol. The smallest absolute Gasteiger partial charge is 0.336 e. The number of rotatable bonds is 5. The Hall–Kier alpha value is -2.77. The van der Waals surface area contributed by atoms with Gasteiger partial charge >= 0.3 is 5.63 Å². The summed E-state index contributed by atoms with van der Waals surface area (Å²) in [5.74, 6) is 1.79. The zero-order valence-electron chi connectivity index (χ0n) is 15.2. The number of benzene rings is 2. The first-order valence-corrected chi connectivity index (χ1v) is 10.6. The Kier molecular flexibility index (Phi) is 4.56. The Morgan fingerprint density at radius 3 is 2.72 bits per heavy atom. The van der Waals surface area contributed by atoms with Gasteiger partial charge in [0.05, 0.1) is 5.02 Å². The normalized spacial score (nSPS) is 13.8. The van der Waals surface area contributed by atoms with E-state index < -0.39 is 5.63 Å².